The number of aliphatic hydroxyl groups excluding tert-OH is 1. The molecule has 0 aromatic heterocycles. The largest absolute Gasteiger partial charge is 0.485 e. The zero-order chi connectivity index (χ0) is 19.0. The number of aliphatic carboxylic acids is 1. The molecule has 0 spiro atoms. The molecule has 0 fully saturated rings. The molecule has 1 amide bonds. The first kappa shape index (κ1) is 19.1. The topological polar surface area (TPSA) is 105 Å². The molecule has 0 radical (unpaired) electrons. The number of hydrogen-bond acceptors (Lipinski definition) is 5. The van der Waals surface area contributed by atoms with E-state index in [9.17, 15) is 14.7 Å². The van der Waals surface area contributed by atoms with Gasteiger partial charge >= 0.3 is 12.1 Å². The van der Waals surface area contributed by atoms with Gasteiger partial charge in [0.15, 0.2) is 0 Å². The van der Waals surface area contributed by atoms with Crippen LogP contribution in [-0.4, -0.2) is 39.6 Å². The van der Waals surface area contributed by atoms with Crippen molar-refractivity contribution < 1.29 is 29.3 Å². The Balaban J connectivity index is 2.36. The fourth-order valence-electron chi connectivity index (χ4n) is 2.72. The van der Waals surface area contributed by atoms with Gasteiger partial charge in [0, 0.05) is 5.56 Å². The molecule has 2 atom stereocenters. The van der Waals surface area contributed by atoms with Crippen LogP contribution < -0.4 is 10.1 Å². The Labute approximate surface area is 146 Å². The summed E-state index contributed by atoms with van der Waals surface area (Å²) < 4.78 is 11.1. The minimum absolute atomic E-state index is 0.161. The zero-order valence-corrected chi connectivity index (χ0v) is 15.1. The molecule has 0 aliphatic carbocycles. The summed E-state index contributed by atoms with van der Waals surface area (Å²) in [6.45, 7) is 8.67. The van der Waals surface area contributed by atoms with Crippen molar-refractivity contribution in [2.24, 2.45) is 0 Å². The van der Waals surface area contributed by atoms with E-state index < -0.39 is 35.4 Å². The Morgan fingerprint density at radius 1 is 1.32 bits per heavy atom. The number of rotatable bonds is 3. The van der Waals surface area contributed by atoms with Crippen molar-refractivity contribution in [3.8, 4) is 5.75 Å². The number of carboxylic acid groups (broad SMARTS) is 1. The summed E-state index contributed by atoms with van der Waals surface area (Å²) in [7, 11) is 0. The molecule has 2 rings (SSSR count). The standard InChI is InChI=1S/C18H25NO6/c1-17(2,3)25-16(23)19-14-11-8-10(9-13(20)21)6-7-12(11)24-18(4,5)15(14)22/h6-8,14-15,22H,9H2,1-5H3,(H,19,23)(H,20,21)/t14-,15+/m1/s1. The van der Waals surface area contributed by atoms with Crippen LogP contribution in [0, 0.1) is 0 Å². The second-order valence-electron chi connectivity index (χ2n) is 7.72. The van der Waals surface area contributed by atoms with Gasteiger partial charge in [-0.3, -0.25) is 4.79 Å². The van der Waals surface area contributed by atoms with E-state index in [-0.39, 0.29) is 6.42 Å². The van der Waals surface area contributed by atoms with Gasteiger partial charge in [-0.2, -0.15) is 0 Å². The van der Waals surface area contributed by atoms with E-state index >= 15 is 0 Å². The van der Waals surface area contributed by atoms with Gasteiger partial charge in [-0.1, -0.05) is 6.07 Å². The third-order valence-electron chi connectivity index (χ3n) is 3.84. The Hall–Kier alpha value is -2.28. The van der Waals surface area contributed by atoms with E-state index in [1.54, 1.807) is 52.8 Å². The lowest BCUT2D eigenvalue weighted by Crippen LogP contribution is -2.54. The molecule has 0 bridgehead atoms. The fraction of sp³-hybridized carbons (Fsp3) is 0.556. The summed E-state index contributed by atoms with van der Waals surface area (Å²) in [4.78, 5) is 23.1. The number of nitrogens with one attached hydrogen (secondary N) is 1. The van der Waals surface area contributed by atoms with Gasteiger partial charge in [-0.05, 0) is 52.3 Å². The quantitative estimate of drug-likeness (QED) is 0.772. The molecular weight excluding hydrogens is 326 g/mol. The van der Waals surface area contributed by atoms with Gasteiger partial charge < -0.3 is 25.0 Å². The smallest absolute Gasteiger partial charge is 0.408 e. The number of benzene rings is 1. The van der Waals surface area contributed by atoms with E-state index in [4.69, 9.17) is 14.6 Å². The van der Waals surface area contributed by atoms with Crippen molar-refractivity contribution in [2.45, 2.75) is 64.4 Å². The van der Waals surface area contributed by atoms with Crippen molar-refractivity contribution in [2.75, 3.05) is 0 Å². The third-order valence-corrected chi connectivity index (χ3v) is 3.84. The molecule has 1 aromatic carbocycles. The first-order chi connectivity index (χ1) is 11.4. The van der Waals surface area contributed by atoms with Crippen LogP contribution >= 0.6 is 0 Å². The Bertz CT molecular complexity index is 677. The molecule has 1 aromatic rings. The molecule has 1 aliphatic heterocycles. The molecule has 0 unspecified atom stereocenters. The number of carbonyl (C=O) groups is 2. The predicted molar refractivity (Wildman–Crippen MR) is 90.6 cm³/mol. The number of carboxylic acids is 1. The van der Waals surface area contributed by atoms with Gasteiger partial charge in [0.2, 0.25) is 0 Å². The minimum Gasteiger partial charge on any atom is -0.485 e. The summed E-state index contributed by atoms with van der Waals surface area (Å²) in [5.74, 6) is -0.472. The number of aliphatic hydroxyl groups is 1. The molecule has 0 saturated carbocycles. The highest BCUT2D eigenvalue weighted by atomic mass is 16.6. The van der Waals surface area contributed by atoms with Crippen molar-refractivity contribution >= 4 is 12.1 Å². The van der Waals surface area contributed by atoms with Crippen LogP contribution in [0.2, 0.25) is 0 Å². The van der Waals surface area contributed by atoms with Crippen molar-refractivity contribution in [1.29, 1.82) is 0 Å². The molecule has 0 saturated heterocycles. The van der Waals surface area contributed by atoms with Gasteiger partial charge in [-0.15, -0.1) is 0 Å². The van der Waals surface area contributed by atoms with E-state index in [1.807, 2.05) is 0 Å². The summed E-state index contributed by atoms with van der Waals surface area (Å²) >= 11 is 0. The lowest BCUT2D eigenvalue weighted by atomic mass is 9.85. The Kier molecular flexibility index (Phi) is 4.99. The minimum atomic E-state index is -1.03. The number of hydrogen-bond donors (Lipinski definition) is 3. The summed E-state index contributed by atoms with van der Waals surface area (Å²) in [6.07, 6.45) is -1.86. The number of ether oxygens (including phenoxy) is 2. The second kappa shape index (κ2) is 6.55. The first-order valence-corrected chi connectivity index (χ1v) is 8.10. The van der Waals surface area contributed by atoms with Crippen molar-refractivity contribution in [1.82, 2.24) is 5.32 Å². The molecule has 7 heteroatoms. The van der Waals surface area contributed by atoms with Crippen LogP contribution in [0.4, 0.5) is 4.79 Å². The molecule has 3 N–H and O–H groups in total. The molecular formula is C18H25NO6. The van der Waals surface area contributed by atoms with Gasteiger partial charge in [0.1, 0.15) is 23.1 Å². The first-order valence-electron chi connectivity index (χ1n) is 8.10. The van der Waals surface area contributed by atoms with Gasteiger partial charge in [0.05, 0.1) is 12.5 Å². The Morgan fingerprint density at radius 3 is 2.52 bits per heavy atom. The molecule has 138 valence electrons. The van der Waals surface area contributed by atoms with Crippen LogP contribution in [0.15, 0.2) is 18.2 Å². The van der Waals surface area contributed by atoms with E-state index in [2.05, 4.69) is 5.32 Å². The lowest BCUT2D eigenvalue weighted by molar-refractivity contribution is -0.136. The summed E-state index contributed by atoms with van der Waals surface area (Å²) in [5.41, 5.74) is -0.529. The number of carbonyl (C=O) groups excluding carboxylic acids is 1. The maximum absolute atomic E-state index is 12.2. The molecule has 1 aliphatic rings. The number of amides is 1. The van der Waals surface area contributed by atoms with E-state index in [1.165, 1.54) is 0 Å². The highest BCUT2D eigenvalue weighted by Gasteiger charge is 2.44. The van der Waals surface area contributed by atoms with Crippen LogP contribution in [-0.2, 0) is 16.0 Å². The van der Waals surface area contributed by atoms with E-state index in [0.717, 1.165) is 0 Å². The van der Waals surface area contributed by atoms with E-state index in [0.29, 0.717) is 16.9 Å². The van der Waals surface area contributed by atoms with Crippen LogP contribution in [0.1, 0.15) is 51.8 Å². The van der Waals surface area contributed by atoms with Crippen molar-refractivity contribution in [3.63, 3.8) is 0 Å². The number of alkyl carbamates (subject to hydrolysis) is 1. The highest BCUT2D eigenvalue weighted by Crippen LogP contribution is 2.40. The average Bonchev–Trinajstić information content (AvgIpc) is 2.42. The normalized spacial score (nSPS) is 21.7. The zero-order valence-electron chi connectivity index (χ0n) is 15.1. The molecule has 7 nitrogen and oxygen atoms in total. The van der Waals surface area contributed by atoms with Crippen molar-refractivity contribution in [3.05, 3.63) is 29.3 Å². The second-order valence-corrected chi connectivity index (χ2v) is 7.72. The van der Waals surface area contributed by atoms with Crippen LogP contribution in [0.3, 0.4) is 0 Å². The Morgan fingerprint density at radius 2 is 1.96 bits per heavy atom. The van der Waals surface area contributed by atoms with Gasteiger partial charge in [0.25, 0.3) is 0 Å². The average molecular weight is 351 g/mol. The molecule has 25 heavy (non-hydrogen) atoms. The lowest BCUT2D eigenvalue weighted by Gasteiger charge is -2.42. The number of fused-ring (bicyclic) bond motifs is 1. The maximum atomic E-state index is 12.2. The monoisotopic (exact) mass is 351 g/mol. The summed E-state index contributed by atoms with van der Waals surface area (Å²) in [6, 6.07) is 4.17. The summed E-state index contributed by atoms with van der Waals surface area (Å²) in [5, 5.41) is 22.3. The maximum Gasteiger partial charge on any atom is 0.408 e. The third kappa shape index (κ3) is 4.63. The fourth-order valence-corrected chi connectivity index (χ4v) is 2.72. The SMILES string of the molecule is CC(C)(C)OC(=O)N[C@@H]1c2cc(CC(=O)O)ccc2OC(C)(C)[C@H]1O. The molecule has 1 heterocycles. The highest BCUT2D eigenvalue weighted by molar-refractivity contribution is 5.71. The predicted octanol–water partition coefficient (Wildman–Crippen LogP) is 2.41. The van der Waals surface area contributed by atoms with Crippen LogP contribution in [0.25, 0.3) is 0 Å². The van der Waals surface area contributed by atoms with Crippen LogP contribution in [0.5, 0.6) is 5.75 Å². The van der Waals surface area contributed by atoms with Gasteiger partial charge in [-0.25, -0.2) is 4.79 Å².